The zero-order valence-electron chi connectivity index (χ0n) is 44.5. The van der Waals surface area contributed by atoms with Crippen LogP contribution < -0.4 is 0 Å². The number of hydrogen-bond acceptors (Lipinski definition) is 12. The molecule has 14 heteroatoms. The second-order valence-electron chi connectivity index (χ2n) is 19.8. The normalized spacial score (nSPS) is 21.0. The monoisotopic (exact) mass is 1030 g/mol. The van der Waals surface area contributed by atoms with Gasteiger partial charge in [-0.05, 0) is 51.4 Å². The van der Waals surface area contributed by atoms with E-state index in [0.717, 1.165) is 44.9 Å². The number of esters is 2. The van der Waals surface area contributed by atoms with Gasteiger partial charge >= 0.3 is 19.8 Å². The number of allylic oxidation sites excluding steroid dienone is 8. The Balaban J connectivity index is 2.39. The van der Waals surface area contributed by atoms with Crippen LogP contribution >= 0.6 is 7.82 Å². The highest BCUT2D eigenvalue weighted by Gasteiger charge is 2.51. The lowest BCUT2D eigenvalue weighted by Gasteiger charge is -2.41. The van der Waals surface area contributed by atoms with E-state index in [9.17, 15) is 44.6 Å². The maximum Gasteiger partial charge on any atom is 0.472 e. The van der Waals surface area contributed by atoms with Crippen LogP contribution in [0.4, 0.5) is 0 Å². The second-order valence-corrected chi connectivity index (χ2v) is 21.2. The molecule has 0 aromatic rings. The standard InChI is InChI=1S/C57H103O13P/c1-3-5-7-9-11-13-15-17-19-21-23-25-27-29-31-33-35-37-39-41-43-45-50(58)67-47-49(48-68-71(65,66)70-57-55(63)53(61)52(60)54(62)56(57)64)69-51(59)46-44-42-40-38-36-34-32-30-28-26-24-22-20-18-16-14-12-10-8-6-4-2/h20,22,26,28,32,34,38,40,49,52-57,60-64H,3-19,21,23-25,27,29-31,33,35-37,39,41-48H2,1-2H3,(H,65,66)/b22-20+,28-26+,34-32+,40-38+/t49-,52?,53-,54?,55?,56?,57?/m0/s1. The van der Waals surface area contributed by atoms with E-state index in [0.29, 0.717) is 19.3 Å². The van der Waals surface area contributed by atoms with E-state index in [1.807, 2.05) is 12.2 Å². The average Bonchev–Trinajstić information content (AvgIpc) is 3.35. The number of unbranched alkanes of at least 4 members (excludes halogenated alkanes) is 28. The molecule has 6 unspecified atom stereocenters. The van der Waals surface area contributed by atoms with Gasteiger partial charge in [0.2, 0.25) is 0 Å². The Morgan fingerprint density at radius 3 is 1.20 bits per heavy atom. The van der Waals surface area contributed by atoms with Gasteiger partial charge < -0.3 is 39.9 Å². The number of phosphoric acid groups is 1. The van der Waals surface area contributed by atoms with Crippen molar-refractivity contribution in [3.63, 3.8) is 0 Å². The van der Waals surface area contributed by atoms with Gasteiger partial charge in [-0.25, -0.2) is 4.57 Å². The highest BCUT2D eigenvalue weighted by atomic mass is 31.2. The Bertz CT molecular complexity index is 1420. The minimum absolute atomic E-state index is 0.0220. The van der Waals surface area contributed by atoms with E-state index in [2.05, 4.69) is 50.3 Å². The van der Waals surface area contributed by atoms with Gasteiger partial charge in [0, 0.05) is 12.8 Å². The first-order valence-corrected chi connectivity index (χ1v) is 29.9. The molecule has 0 heterocycles. The van der Waals surface area contributed by atoms with E-state index >= 15 is 0 Å². The number of aliphatic hydroxyl groups is 5. The molecule has 0 aliphatic heterocycles. The van der Waals surface area contributed by atoms with Crippen molar-refractivity contribution in [2.45, 2.75) is 288 Å². The molecule has 8 atom stereocenters. The van der Waals surface area contributed by atoms with Crippen molar-refractivity contribution in [3.8, 4) is 0 Å². The maximum absolute atomic E-state index is 12.9. The second kappa shape index (κ2) is 46.3. The number of ether oxygens (including phenoxy) is 2. The Labute approximate surface area is 431 Å². The van der Waals surface area contributed by atoms with Crippen LogP contribution in [-0.2, 0) is 32.7 Å². The summed E-state index contributed by atoms with van der Waals surface area (Å²) < 4.78 is 33.7. The van der Waals surface area contributed by atoms with Gasteiger partial charge in [0.15, 0.2) is 6.10 Å². The van der Waals surface area contributed by atoms with Crippen molar-refractivity contribution in [1.82, 2.24) is 0 Å². The number of carbonyl (C=O) groups excluding carboxylic acids is 2. The van der Waals surface area contributed by atoms with Crippen molar-refractivity contribution in [2.24, 2.45) is 0 Å². The molecule has 13 nitrogen and oxygen atoms in total. The van der Waals surface area contributed by atoms with Gasteiger partial charge in [-0.2, -0.15) is 0 Å². The zero-order valence-corrected chi connectivity index (χ0v) is 45.4. The molecule has 0 aromatic carbocycles. The first-order valence-electron chi connectivity index (χ1n) is 28.4. The summed E-state index contributed by atoms with van der Waals surface area (Å²) in [6.07, 6.45) is 44.5. The van der Waals surface area contributed by atoms with Crippen molar-refractivity contribution >= 4 is 19.8 Å². The maximum atomic E-state index is 12.9. The number of carbonyl (C=O) groups is 2. The molecule has 1 fully saturated rings. The summed E-state index contributed by atoms with van der Waals surface area (Å²) in [5.41, 5.74) is 0. The lowest BCUT2D eigenvalue weighted by molar-refractivity contribution is -0.220. The Morgan fingerprint density at radius 1 is 0.437 bits per heavy atom. The molecule has 1 aliphatic carbocycles. The quantitative estimate of drug-likeness (QED) is 0.0145. The lowest BCUT2D eigenvalue weighted by atomic mass is 9.85. The topological polar surface area (TPSA) is 210 Å². The van der Waals surface area contributed by atoms with Crippen LogP contribution in [0.3, 0.4) is 0 Å². The molecule has 414 valence electrons. The predicted octanol–water partition coefficient (Wildman–Crippen LogP) is 13.1. The fraction of sp³-hybridized carbons (Fsp3) is 0.825. The Kier molecular flexibility index (Phi) is 43.6. The Hall–Kier alpha value is -2.19. The summed E-state index contributed by atoms with van der Waals surface area (Å²) in [7, 11) is -5.14. The van der Waals surface area contributed by atoms with Crippen molar-refractivity contribution in [1.29, 1.82) is 0 Å². The SMILES string of the molecule is CCCCCCCCC/C=C/C/C=C/C/C=C/C/C=C/CCCC(=O)O[C@@H](COC(=O)CCCCCCCCCCCCCCCCCCCCCCC)COP(=O)(O)OC1C(O)C(O)C(O)[C@H](O)C1O. The molecule has 0 radical (unpaired) electrons. The molecular weight excluding hydrogens is 924 g/mol. The molecule has 0 spiro atoms. The van der Waals surface area contributed by atoms with Gasteiger partial charge in [0.05, 0.1) is 6.61 Å². The summed E-state index contributed by atoms with van der Waals surface area (Å²) in [4.78, 5) is 35.9. The van der Waals surface area contributed by atoms with Gasteiger partial charge in [-0.1, -0.05) is 229 Å². The first kappa shape index (κ1) is 66.8. The van der Waals surface area contributed by atoms with Crippen LogP contribution in [0.2, 0.25) is 0 Å². The summed E-state index contributed by atoms with van der Waals surface area (Å²) >= 11 is 0. The van der Waals surface area contributed by atoms with E-state index < -0.39 is 75.7 Å². The van der Waals surface area contributed by atoms with Crippen molar-refractivity contribution < 1.29 is 63.1 Å². The number of rotatable bonds is 48. The van der Waals surface area contributed by atoms with E-state index in [1.165, 1.54) is 154 Å². The van der Waals surface area contributed by atoms with E-state index in [4.69, 9.17) is 18.5 Å². The molecule has 1 rings (SSSR count). The van der Waals surface area contributed by atoms with Gasteiger partial charge in [0.25, 0.3) is 0 Å². The lowest BCUT2D eigenvalue weighted by Crippen LogP contribution is -2.64. The number of phosphoric ester groups is 1. The van der Waals surface area contributed by atoms with E-state index in [1.54, 1.807) is 0 Å². The number of aliphatic hydroxyl groups excluding tert-OH is 5. The molecule has 0 aromatic heterocycles. The predicted molar refractivity (Wildman–Crippen MR) is 286 cm³/mol. The van der Waals surface area contributed by atoms with Crippen LogP contribution in [0.15, 0.2) is 48.6 Å². The van der Waals surface area contributed by atoms with Crippen molar-refractivity contribution in [3.05, 3.63) is 48.6 Å². The summed E-state index contributed by atoms with van der Waals surface area (Å²) in [5, 5.41) is 50.4. The third-order valence-electron chi connectivity index (χ3n) is 13.2. The average molecular weight is 1030 g/mol. The molecule has 0 amide bonds. The molecule has 0 bridgehead atoms. The van der Waals surface area contributed by atoms with Crippen LogP contribution in [0, 0.1) is 0 Å². The van der Waals surface area contributed by atoms with Crippen LogP contribution in [-0.4, -0.2) is 98.3 Å². The highest BCUT2D eigenvalue weighted by molar-refractivity contribution is 7.47. The smallest absolute Gasteiger partial charge is 0.462 e. The molecule has 1 saturated carbocycles. The fourth-order valence-electron chi connectivity index (χ4n) is 8.64. The molecular formula is C57H103O13P. The minimum atomic E-state index is -5.14. The molecule has 0 saturated heterocycles. The zero-order chi connectivity index (χ0) is 52.1. The molecule has 6 N–H and O–H groups in total. The largest absolute Gasteiger partial charge is 0.472 e. The molecule has 1 aliphatic rings. The third kappa shape index (κ3) is 38.1. The van der Waals surface area contributed by atoms with Gasteiger partial charge in [-0.3, -0.25) is 18.6 Å². The van der Waals surface area contributed by atoms with Gasteiger partial charge in [-0.15, -0.1) is 0 Å². The molecule has 71 heavy (non-hydrogen) atoms. The highest BCUT2D eigenvalue weighted by Crippen LogP contribution is 2.47. The summed E-state index contributed by atoms with van der Waals surface area (Å²) in [5.74, 6) is -1.15. The summed E-state index contributed by atoms with van der Waals surface area (Å²) in [6.45, 7) is 3.30. The fourth-order valence-corrected chi connectivity index (χ4v) is 9.61. The number of hydrogen-bond donors (Lipinski definition) is 6. The summed E-state index contributed by atoms with van der Waals surface area (Å²) in [6, 6.07) is 0. The third-order valence-corrected chi connectivity index (χ3v) is 14.2. The van der Waals surface area contributed by atoms with Crippen LogP contribution in [0.1, 0.15) is 245 Å². The van der Waals surface area contributed by atoms with Crippen molar-refractivity contribution in [2.75, 3.05) is 13.2 Å². The van der Waals surface area contributed by atoms with Crippen LogP contribution in [0.5, 0.6) is 0 Å². The van der Waals surface area contributed by atoms with E-state index in [-0.39, 0.29) is 12.8 Å². The van der Waals surface area contributed by atoms with Crippen LogP contribution in [0.25, 0.3) is 0 Å². The first-order chi connectivity index (χ1) is 34.4. The Morgan fingerprint density at radius 2 is 0.775 bits per heavy atom. The minimum Gasteiger partial charge on any atom is -0.462 e. The van der Waals surface area contributed by atoms with Gasteiger partial charge in [0.1, 0.15) is 43.2 Å².